The predicted octanol–water partition coefficient (Wildman–Crippen LogP) is 6.07. The van der Waals surface area contributed by atoms with E-state index in [2.05, 4.69) is 46.2 Å². The molecule has 2 rings (SSSR count). The average Bonchev–Trinajstić information content (AvgIpc) is 3.15. The fourth-order valence-corrected chi connectivity index (χ4v) is 5.16. The van der Waals surface area contributed by atoms with Crippen molar-refractivity contribution in [1.82, 2.24) is 4.67 Å². The SMILES string of the molecule is COc1ccc(C2OCC(CCCCOP(OC(C)C)N(C(C)C)C(C)C)O2)cc1. The first-order chi connectivity index (χ1) is 14.3. The van der Waals surface area contributed by atoms with E-state index in [-0.39, 0.29) is 18.5 Å². The van der Waals surface area contributed by atoms with Gasteiger partial charge in [0, 0.05) is 17.6 Å². The zero-order valence-electron chi connectivity index (χ0n) is 19.7. The van der Waals surface area contributed by atoms with Gasteiger partial charge < -0.3 is 23.3 Å². The third kappa shape index (κ3) is 8.07. The molecule has 0 amide bonds. The summed E-state index contributed by atoms with van der Waals surface area (Å²) in [6.45, 7) is 14.2. The minimum Gasteiger partial charge on any atom is -0.497 e. The highest BCUT2D eigenvalue weighted by Gasteiger charge is 2.29. The molecule has 6 nitrogen and oxygen atoms in total. The van der Waals surface area contributed by atoms with Gasteiger partial charge in [-0.05, 0) is 72.9 Å². The van der Waals surface area contributed by atoms with Gasteiger partial charge in [-0.3, -0.25) is 0 Å². The molecule has 0 N–H and O–H groups in total. The van der Waals surface area contributed by atoms with Gasteiger partial charge in [-0.25, -0.2) is 4.67 Å². The number of methoxy groups -OCH3 is 1. The maximum Gasteiger partial charge on any atom is 0.259 e. The Kier molecular flexibility index (Phi) is 11.0. The topological polar surface area (TPSA) is 49.4 Å². The normalized spacial score (nSPS) is 20.6. The molecule has 30 heavy (non-hydrogen) atoms. The fraction of sp³-hybridized carbons (Fsp3) is 0.739. The Balaban J connectivity index is 1.71. The fourth-order valence-electron chi connectivity index (χ4n) is 3.46. The lowest BCUT2D eigenvalue weighted by atomic mass is 10.2. The van der Waals surface area contributed by atoms with Crippen molar-refractivity contribution in [2.75, 3.05) is 20.3 Å². The standard InChI is InChI=1S/C23H40NO5P/c1-17(2)24(18(3)4)30(29-19(5)6)27-15-9-8-10-22-16-26-23(28-22)20-11-13-21(25-7)14-12-20/h11-14,17-19,22-23H,8-10,15-16H2,1-7H3. The number of benzene rings is 1. The van der Waals surface area contributed by atoms with Crippen LogP contribution in [0.25, 0.3) is 0 Å². The van der Waals surface area contributed by atoms with Gasteiger partial charge in [0.25, 0.3) is 8.53 Å². The van der Waals surface area contributed by atoms with Crippen molar-refractivity contribution in [3.05, 3.63) is 29.8 Å². The highest BCUT2D eigenvalue weighted by molar-refractivity contribution is 7.44. The first-order valence-electron chi connectivity index (χ1n) is 11.1. The highest BCUT2D eigenvalue weighted by Crippen LogP contribution is 2.47. The van der Waals surface area contributed by atoms with E-state index in [1.165, 1.54) is 0 Å². The molecular weight excluding hydrogens is 401 g/mol. The summed E-state index contributed by atoms with van der Waals surface area (Å²) < 4.78 is 31.7. The van der Waals surface area contributed by atoms with Gasteiger partial charge >= 0.3 is 0 Å². The van der Waals surface area contributed by atoms with Crippen LogP contribution in [0.1, 0.15) is 72.7 Å². The monoisotopic (exact) mass is 441 g/mol. The van der Waals surface area contributed by atoms with Crippen LogP contribution in [0.4, 0.5) is 0 Å². The van der Waals surface area contributed by atoms with Gasteiger partial charge in [0.05, 0.1) is 32.5 Å². The zero-order chi connectivity index (χ0) is 22.1. The van der Waals surface area contributed by atoms with Crippen molar-refractivity contribution in [2.45, 2.75) is 91.4 Å². The zero-order valence-corrected chi connectivity index (χ0v) is 20.6. The molecule has 172 valence electrons. The lowest BCUT2D eigenvalue weighted by molar-refractivity contribution is -0.0614. The second kappa shape index (κ2) is 12.9. The third-order valence-electron chi connectivity index (χ3n) is 4.81. The van der Waals surface area contributed by atoms with E-state index in [4.69, 9.17) is 23.3 Å². The van der Waals surface area contributed by atoms with E-state index >= 15 is 0 Å². The summed E-state index contributed by atoms with van der Waals surface area (Å²) in [7, 11) is 0.622. The Morgan fingerprint density at radius 2 is 1.70 bits per heavy atom. The molecule has 0 aromatic heterocycles. The lowest BCUT2D eigenvalue weighted by Crippen LogP contribution is -2.34. The average molecular weight is 442 g/mol. The molecule has 1 heterocycles. The Hall–Kier alpha value is -0.750. The highest BCUT2D eigenvalue weighted by atomic mass is 31.2. The molecule has 1 aliphatic heterocycles. The summed E-state index contributed by atoms with van der Waals surface area (Å²) in [5.74, 6) is 0.836. The Labute approximate surface area is 184 Å². The van der Waals surface area contributed by atoms with Crippen LogP contribution in [-0.4, -0.2) is 49.3 Å². The summed E-state index contributed by atoms with van der Waals surface area (Å²) >= 11 is 0. The van der Waals surface area contributed by atoms with E-state index < -0.39 is 8.53 Å². The molecule has 3 unspecified atom stereocenters. The molecule has 1 aromatic rings. The number of hydrogen-bond acceptors (Lipinski definition) is 6. The van der Waals surface area contributed by atoms with Crippen molar-refractivity contribution < 1.29 is 23.3 Å². The number of rotatable bonds is 13. The summed E-state index contributed by atoms with van der Waals surface area (Å²) in [6.07, 6.45) is 2.99. The van der Waals surface area contributed by atoms with Crippen LogP contribution in [0, 0.1) is 0 Å². The molecule has 0 spiro atoms. The first kappa shape index (κ1) is 25.5. The Bertz CT molecular complexity index is 588. The molecule has 0 aliphatic carbocycles. The molecule has 1 aliphatic rings. The van der Waals surface area contributed by atoms with Crippen LogP contribution in [0.3, 0.4) is 0 Å². The number of hydrogen-bond donors (Lipinski definition) is 0. The second-order valence-corrected chi connectivity index (χ2v) is 9.89. The van der Waals surface area contributed by atoms with Crippen LogP contribution in [0.15, 0.2) is 24.3 Å². The predicted molar refractivity (Wildman–Crippen MR) is 122 cm³/mol. The van der Waals surface area contributed by atoms with Crippen LogP contribution in [-0.2, 0) is 18.5 Å². The van der Waals surface area contributed by atoms with Crippen molar-refractivity contribution in [3.8, 4) is 5.75 Å². The Morgan fingerprint density at radius 3 is 2.27 bits per heavy atom. The molecule has 0 radical (unpaired) electrons. The van der Waals surface area contributed by atoms with Crippen molar-refractivity contribution >= 4 is 8.53 Å². The summed E-state index contributed by atoms with van der Waals surface area (Å²) in [6, 6.07) is 8.61. The van der Waals surface area contributed by atoms with E-state index in [0.717, 1.165) is 30.6 Å². The lowest BCUT2D eigenvalue weighted by Gasteiger charge is -2.36. The molecule has 1 saturated heterocycles. The van der Waals surface area contributed by atoms with Crippen molar-refractivity contribution in [1.29, 1.82) is 0 Å². The van der Waals surface area contributed by atoms with Gasteiger partial charge in [-0.2, -0.15) is 0 Å². The van der Waals surface area contributed by atoms with Gasteiger partial charge in [0.1, 0.15) is 5.75 Å². The molecule has 1 fully saturated rings. The van der Waals surface area contributed by atoms with E-state index in [9.17, 15) is 0 Å². The van der Waals surface area contributed by atoms with Crippen LogP contribution in [0.2, 0.25) is 0 Å². The van der Waals surface area contributed by atoms with Gasteiger partial charge in [0.15, 0.2) is 6.29 Å². The van der Waals surface area contributed by atoms with Crippen LogP contribution < -0.4 is 4.74 Å². The Morgan fingerprint density at radius 1 is 1.03 bits per heavy atom. The van der Waals surface area contributed by atoms with Gasteiger partial charge in [-0.1, -0.05) is 12.1 Å². The van der Waals surface area contributed by atoms with Gasteiger partial charge in [-0.15, -0.1) is 0 Å². The maximum absolute atomic E-state index is 6.20. The molecule has 1 aromatic carbocycles. The maximum atomic E-state index is 6.20. The molecule has 7 heteroatoms. The smallest absolute Gasteiger partial charge is 0.259 e. The quantitative estimate of drug-likeness (QED) is 0.274. The minimum absolute atomic E-state index is 0.133. The van der Waals surface area contributed by atoms with E-state index in [0.29, 0.717) is 25.3 Å². The van der Waals surface area contributed by atoms with E-state index in [1.807, 2.05) is 24.3 Å². The molecule has 0 bridgehead atoms. The number of unbranched alkanes of at least 4 members (excludes halogenated alkanes) is 1. The minimum atomic E-state index is -1.04. The first-order valence-corrected chi connectivity index (χ1v) is 12.2. The molecule has 3 atom stereocenters. The summed E-state index contributed by atoms with van der Waals surface area (Å²) in [5.41, 5.74) is 1.03. The second-order valence-electron chi connectivity index (χ2n) is 8.49. The number of nitrogens with zero attached hydrogens (tertiary/aromatic N) is 1. The summed E-state index contributed by atoms with van der Waals surface area (Å²) in [5, 5.41) is 0. The molecule has 0 saturated carbocycles. The van der Waals surface area contributed by atoms with Crippen LogP contribution >= 0.6 is 8.53 Å². The van der Waals surface area contributed by atoms with Gasteiger partial charge in [0.2, 0.25) is 0 Å². The largest absolute Gasteiger partial charge is 0.497 e. The number of ether oxygens (including phenoxy) is 3. The third-order valence-corrected chi connectivity index (χ3v) is 7.11. The van der Waals surface area contributed by atoms with E-state index in [1.54, 1.807) is 7.11 Å². The van der Waals surface area contributed by atoms with Crippen molar-refractivity contribution in [2.24, 2.45) is 0 Å². The molecular formula is C23H40NO5P. The summed E-state index contributed by atoms with van der Waals surface area (Å²) in [4.78, 5) is 0. The van der Waals surface area contributed by atoms with Crippen LogP contribution in [0.5, 0.6) is 5.75 Å². The van der Waals surface area contributed by atoms with Crippen molar-refractivity contribution in [3.63, 3.8) is 0 Å².